The minimum Gasteiger partial charge on any atom is -0.483 e. The molecule has 7 aliphatic rings. The fraction of sp³-hybridized carbons (Fsp3) is 0.577. The molecule has 1 saturated carbocycles. The summed E-state index contributed by atoms with van der Waals surface area (Å²) in [4.78, 5) is 43.0. The van der Waals surface area contributed by atoms with Crippen LogP contribution in [0.1, 0.15) is 64.5 Å². The summed E-state index contributed by atoms with van der Waals surface area (Å²) in [5, 5.41) is 6.36. The molecule has 8 rings (SSSR count). The van der Waals surface area contributed by atoms with Gasteiger partial charge in [0.2, 0.25) is 17.7 Å². The highest BCUT2D eigenvalue weighted by atomic mass is 16.5. The minimum absolute atomic E-state index is 0.00462. The van der Waals surface area contributed by atoms with Crippen LogP contribution in [-0.4, -0.2) is 45.8 Å². The van der Waals surface area contributed by atoms with Crippen molar-refractivity contribution in [1.29, 1.82) is 0 Å². The Kier molecular flexibility index (Phi) is 3.14. The number of amides is 3. The molecule has 4 saturated heterocycles. The lowest BCUT2D eigenvalue weighted by atomic mass is 9.57. The fourth-order valence-corrected chi connectivity index (χ4v) is 8.24. The maximum absolute atomic E-state index is 13.9. The molecule has 1 aromatic carbocycles. The van der Waals surface area contributed by atoms with Gasteiger partial charge in [-0.05, 0) is 68.7 Å². The number of hydrogen-bond acceptors (Lipinski definition) is 4. The smallest absolute Gasteiger partial charge is 0.249 e. The van der Waals surface area contributed by atoms with E-state index < -0.39 is 27.5 Å². The molecule has 1 aromatic rings. The number of carbonyl (C=O) groups excluding carboxylic acids is 3. The molecule has 7 nitrogen and oxygen atoms in total. The van der Waals surface area contributed by atoms with Crippen LogP contribution in [0.25, 0.3) is 6.08 Å². The van der Waals surface area contributed by atoms with Crippen molar-refractivity contribution in [3.8, 4) is 5.75 Å². The van der Waals surface area contributed by atoms with E-state index in [0.717, 1.165) is 29.0 Å². The molecule has 0 aromatic heterocycles. The van der Waals surface area contributed by atoms with Crippen LogP contribution in [0.2, 0.25) is 0 Å². The van der Waals surface area contributed by atoms with Crippen molar-refractivity contribution in [3.63, 3.8) is 0 Å². The van der Waals surface area contributed by atoms with Gasteiger partial charge in [0.1, 0.15) is 22.4 Å². The Morgan fingerprint density at radius 1 is 1.09 bits per heavy atom. The van der Waals surface area contributed by atoms with Crippen LogP contribution in [-0.2, 0) is 19.8 Å². The molecule has 3 spiro atoms. The van der Waals surface area contributed by atoms with Crippen LogP contribution in [0, 0.1) is 11.3 Å². The summed E-state index contributed by atoms with van der Waals surface area (Å²) in [5.74, 6) is 0.523. The Bertz CT molecular complexity index is 1230. The zero-order valence-corrected chi connectivity index (χ0v) is 19.5. The third kappa shape index (κ3) is 1.87. The van der Waals surface area contributed by atoms with Gasteiger partial charge in [-0.2, -0.15) is 0 Å². The molecule has 4 atom stereocenters. The average molecular weight is 448 g/mol. The molecule has 172 valence electrons. The number of carbonyl (C=O) groups is 3. The average Bonchev–Trinajstić information content (AvgIpc) is 3.35. The van der Waals surface area contributed by atoms with Gasteiger partial charge in [0, 0.05) is 18.0 Å². The zero-order chi connectivity index (χ0) is 23.2. The van der Waals surface area contributed by atoms with Crippen LogP contribution >= 0.6 is 0 Å². The number of rotatable bonds is 0. The summed E-state index contributed by atoms with van der Waals surface area (Å²) >= 11 is 0. The first-order chi connectivity index (χ1) is 15.5. The van der Waals surface area contributed by atoms with E-state index in [1.807, 2.05) is 43.0 Å². The normalized spacial score (nSPS) is 40.2. The molecule has 3 amide bonds. The van der Waals surface area contributed by atoms with Gasteiger partial charge in [-0.15, -0.1) is 0 Å². The monoisotopic (exact) mass is 447 g/mol. The summed E-state index contributed by atoms with van der Waals surface area (Å²) in [7, 11) is 0. The molecule has 7 heteroatoms. The molecule has 5 fully saturated rings. The Morgan fingerprint density at radius 3 is 2.67 bits per heavy atom. The number of benzene rings is 1. The number of piperidine rings is 2. The number of fused-ring (bicyclic) bond motifs is 5. The molecule has 33 heavy (non-hydrogen) atoms. The van der Waals surface area contributed by atoms with Crippen molar-refractivity contribution in [2.24, 2.45) is 11.3 Å². The SMILES string of the molecule is CC1(C)C=Cc2c(ccc3c2NC(=O)C32CC34NC(=O)C5(CCCN5C3=O)CC4C2(C)C)O1. The third-order valence-electron chi connectivity index (χ3n) is 9.84. The fourth-order valence-electron chi connectivity index (χ4n) is 8.24. The second-order valence-corrected chi connectivity index (χ2v) is 12.0. The Morgan fingerprint density at radius 2 is 1.88 bits per heavy atom. The second kappa shape index (κ2) is 5.29. The van der Waals surface area contributed by atoms with Crippen molar-refractivity contribution in [2.75, 3.05) is 11.9 Å². The highest BCUT2D eigenvalue weighted by molar-refractivity contribution is 6.12. The molecular formula is C26H29N3O4. The lowest BCUT2D eigenvalue weighted by Gasteiger charge is -2.59. The van der Waals surface area contributed by atoms with Crippen LogP contribution in [0.3, 0.4) is 0 Å². The molecule has 6 aliphatic heterocycles. The molecule has 2 bridgehead atoms. The van der Waals surface area contributed by atoms with Gasteiger partial charge in [-0.1, -0.05) is 19.9 Å². The molecular weight excluding hydrogens is 418 g/mol. The topological polar surface area (TPSA) is 87.7 Å². The standard InChI is InChI=1S/C26H29N3O4/c1-22(2)10-8-14-16(33-22)7-6-15-18(14)27-20(31)25(15)13-26-17(23(25,3)4)12-24(19(30)28-26)9-5-11-29(24)21(26)32/h6-8,10,17H,5,9,11-13H2,1-4H3,(H,27,31)(H,28,30). The van der Waals surface area contributed by atoms with Crippen molar-refractivity contribution >= 4 is 29.5 Å². The highest BCUT2D eigenvalue weighted by Crippen LogP contribution is 2.70. The molecule has 1 aliphatic carbocycles. The Labute approximate surface area is 192 Å². The summed E-state index contributed by atoms with van der Waals surface area (Å²) in [6.45, 7) is 8.86. The van der Waals surface area contributed by atoms with Crippen LogP contribution < -0.4 is 15.4 Å². The van der Waals surface area contributed by atoms with E-state index in [4.69, 9.17) is 4.74 Å². The number of hydrogen-bond donors (Lipinski definition) is 2. The first kappa shape index (κ1) is 19.6. The van der Waals surface area contributed by atoms with Gasteiger partial charge in [-0.25, -0.2) is 0 Å². The van der Waals surface area contributed by atoms with Crippen molar-refractivity contribution in [2.45, 2.75) is 75.5 Å². The van der Waals surface area contributed by atoms with E-state index in [9.17, 15) is 14.4 Å². The number of nitrogens with zero attached hydrogens (tertiary/aromatic N) is 1. The number of ether oxygens (including phenoxy) is 1. The van der Waals surface area contributed by atoms with Gasteiger partial charge < -0.3 is 20.3 Å². The maximum atomic E-state index is 13.9. The van der Waals surface area contributed by atoms with E-state index in [1.165, 1.54) is 0 Å². The van der Waals surface area contributed by atoms with Gasteiger partial charge in [0.15, 0.2) is 0 Å². The zero-order valence-electron chi connectivity index (χ0n) is 19.5. The van der Waals surface area contributed by atoms with E-state index >= 15 is 0 Å². The summed E-state index contributed by atoms with van der Waals surface area (Å²) < 4.78 is 6.15. The predicted molar refractivity (Wildman–Crippen MR) is 122 cm³/mol. The minimum atomic E-state index is -1.03. The Balaban J connectivity index is 1.43. The first-order valence-electron chi connectivity index (χ1n) is 12.0. The van der Waals surface area contributed by atoms with Gasteiger partial charge in [0.05, 0.1) is 11.1 Å². The van der Waals surface area contributed by atoms with Crippen molar-refractivity contribution in [3.05, 3.63) is 29.3 Å². The van der Waals surface area contributed by atoms with Crippen LogP contribution in [0.4, 0.5) is 5.69 Å². The molecule has 6 heterocycles. The van der Waals surface area contributed by atoms with Crippen molar-refractivity contribution < 1.29 is 19.1 Å². The van der Waals surface area contributed by atoms with E-state index in [2.05, 4.69) is 24.5 Å². The lowest BCUT2D eigenvalue weighted by molar-refractivity contribution is -0.175. The quantitative estimate of drug-likeness (QED) is 0.640. The third-order valence-corrected chi connectivity index (χ3v) is 9.84. The van der Waals surface area contributed by atoms with Crippen LogP contribution in [0.5, 0.6) is 5.75 Å². The van der Waals surface area contributed by atoms with E-state index in [0.29, 0.717) is 25.8 Å². The number of piperazine rings is 1. The maximum Gasteiger partial charge on any atom is 0.249 e. The number of nitrogens with one attached hydrogen (secondary N) is 2. The Hall–Kier alpha value is -2.83. The molecule has 0 radical (unpaired) electrons. The summed E-state index contributed by atoms with van der Waals surface area (Å²) in [5.41, 5.74) is -1.06. The summed E-state index contributed by atoms with van der Waals surface area (Å²) in [6, 6.07) is 3.95. The van der Waals surface area contributed by atoms with Gasteiger partial charge in [-0.3, -0.25) is 14.4 Å². The highest BCUT2D eigenvalue weighted by Gasteiger charge is 2.80. The van der Waals surface area contributed by atoms with Gasteiger partial charge in [0.25, 0.3) is 0 Å². The molecule has 4 unspecified atom stereocenters. The second-order valence-electron chi connectivity index (χ2n) is 12.0. The first-order valence-corrected chi connectivity index (χ1v) is 12.0. The summed E-state index contributed by atoms with van der Waals surface area (Å²) in [6.07, 6.45) is 6.51. The van der Waals surface area contributed by atoms with Crippen LogP contribution in [0.15, 0.2) is 18.2 Å². The van der Waals surface area contributed by atoms with Gasteiger partial charge >= 0.3 is 0 Å². The largest absolute Gasteiger partial charge is 0.483 e. The van der Waals surface area contributed by atoms with E-state index in [-0.39, 0.29) is 23.6 Å². The predicted octanol–water partition coefficient (Wildman–Crippen LogP) is 2.74. The van der Waals surface area contributed by atoms with E-state index in [1.54, 1.807) is 0 Å². The molecule has 2 N–H and O–H groups in total. The number of anilines is 1. The lowest BCUT2D eigenvalue weighted by Crippen LogP contribution is -2.81. The van der Waals surface area contributed by atoms with Crippen molar-refractivity contribution in [1.82, 2.24) is 10.2 Å².